The first-order valence-corrected chi connectivity index (χ1v) is 8.26. The van der Waals surface area contributed by atoms with Crippen LogP contribution in [0.3, 0.4) is 0 Å². The summed E-state index contributed by atoms with van der Waals surface area (Å²) in [6.07, 6.45) is 10.5. The van der Waals surface area contributed by atoms with Crippen LogP contribution in [-0.4, -0.2) is 37.0 Å². The lowest BCUT2D eigenvalue weighted by Crippen LogP contribution is -2.42. The topological polar surface area (TPSA) is 32.3 Å². The Kier molecular flexibility index (Phi) is 4.11. The molecule has 3 aliphatic rings. The fourth-order valence-electron chi connectivity index (χ4n) is 4.37. The Labute approximate surface area is 117 Å². The van der Waals surface area contributed by atoms with Crippen molar-refractivity contribution in [2.45, 2.75) is 57.4 Å². The van der Waals surface area contributed by atoms with Crippen LogP contribution >= 0.6 is 0 Å². The minimum atomic E-state index is 0.389. The van der Waals surface area contributed by atoms with E-state index in [1.807, 2.05) is 7.05 Å². The van der Waals surface area contributed by atoms with Crippen LogP contribution in [0.1, 0.15) is 51.4 Å². The predicted octanol–water partition coefficient (Wildman–Crippen LogP) is 2.41. The maximum absolute atomic E-state index is 12.6. The van der Waals surface area contributed by atoms with Gasteiger partial charge in [-0.2, -0.15) is 0 Å². The van der Waals surface area contributed by atoms with E-state index in [2.05, 4.69) is 10.2 Å². The molecule has 2 saturated carbocycles. The molecular weight excluding hydrogens is 236 g/mol. The van der Waals surface area contributed by atoms with Crippen molar-refractivity contribution in [3.63, 3.8) is 0 Å². The summed E-state index contributed by atoms with van der Waals surface area (Å²) in [5, 5.41) is 3.23. The largest absolute Gasteiger partial charge is 0.338 e. The minimum Gasteiger partial charge on any atom is -0.338 e. The third kappa shape index (κ3) is 2.81. The first kappa shape index (κ1) is 13.4. The highest BCUT2D eigenvalue weighted by Gasteiger charge is 2.49. The summed E-state index contributed by atoms with van der Waals surface area (Å²) < 4.78 is 0. The lowest BCUT2D eigenvalue weighted by atomic mass is 9.85. The van der Waals surface area contributed by atoms with Gasteiger partial charge < -0.3 is 10.2 Å². The first-order chi connectivity index (χ1) is 9.31. The average molecular weight is 264 g/mol. The minimum absolute atomic E-state index is 0.389. The van der Waals surface area contributed by atoms with Gasteiger partial charge in [-0.25, -0.2) is 0 Å². The van der Waals surface area contributed by atoms with Gasteiger partial charge in [0.05, 0.1) is 0 Å². The predicted molar refractivity (Wildman–Crippen MR) is 76.8 cm³/mol. The average Bonchev–Trinajstić information content (AvgIpc) is 3.12. The molecule has 1 saturated heterocycles. The maximum atomic E-state index is 12.6. The summed E-state index contributed by atoms with van der Waals surface area (Å²) in [4.78, 5) is 14.8. The lowest BCUT2D eigenvalue weighted by molar-refractivity contribution is -0.133. The Bertz CT molecular complexity index is 325. The van der Waals surface area contributed by atoms with Gasteiger partial charge in [0.1, 0.15) is 0 Å². The second kappa shape index (κ2) is 5.82. The van der Waals surface area contributed by atoms with Crippen LogP contribution in [-0.2, 0) is 4.79 Å². The number of likely N-dealkylation sites (N-methyl/N-ethyl adjacent to an activating group) is 1. The summed E-state index contributed by atoms with van der Waals surface area (Å²) in [5.74, 6) is 2.48. The fourth-order valence-corrected chi connectivity index (χ4v) is 4.37. The highest BCUT2D eigenvalue weighted by Crippen LogP contribution is 2.50. The number of nitrogens with one attached hydrogen (secondary N) is 1. The first-order valence-electron chi connectivity index (χ1n) is 8.26. The molecule has 1 heterocycles. The normalized spacial score (nSPS) is 35.6. The van der Waals surface area contributed by atoms with Gasteiger partial charge in [0.2, 0.25) is 5.91 Å². The molecule has 3 atom stereocenters. The number of hydrogen-bond donors (Lipinski definition) is 1. The summed E-state index contributed by atoms with van der Waals surface area (Å²) in [7, 11) is 1.99. The van der Waals surface area contributed by atoms with Crippen molar-refractivity contribution >= 4 is 5.91 Å². The summed E-state index contributed by atoms with van der Waals surface area (Å²) in [6.45, 7) is 1.96. The standard InChI is InChI=1S/C16H28N2O/c1-17-11-13-8-5-9-18(13)16(19)15-10-14(15)12-6-3-2-4-7-12/h12-15,17H,2-11H2,1H3. The maximum Gasteiger partial charge on any atom is 0.226 e. The van der Waals surface area contributed by atoms with Crippen molar-refractivity contribution in [2.75, 3.05) is 20.1 Å². The molecule has 1 amide bonds. The number of amides is 1. The van der Waals surface area contributed by atoms with E-state index >= 15 is 0 Å². The Morgan fingerprint density at radius 2 is 1.95 bits per heavy atom. The SMILES string of the molecule is CNCC1CCCN1C(=O)C1CC1C1CCCCC1. The van der Waals surface area contributed by atoms with Gasteiger partial charge in [-0.15, -0.1) is 0 Å². The number of nitrogens with zero attached hydrogens (tertiary/aromatic N) is 1. The zero-order valence-electron chi connectivity index (χ0n) is 12.2. The fraction of sp³-hybridized carbons (Fsp3) is 0.938. The second-order valence-electron chi connectivity index (χ2n) is 6.79. The molecule has 1 N–H and O–H groups in total. The van der Waals surface area contributed by atoms with Crippen LogP contribution in [0.5, 0.6) is 0 Å². The van der Waals surface area contributed by atoms with Gasteiger partial charge >= 0.3 is 0 Å². The van der Waals surface area contributed by atoms with E-state index in [9.17, 15) is 4.79 Å². The molecule has 3 unspecified atom stereocenters. The van der Waals surface area contributed by atoms with Crippen LogP contribution in [0.4, 0.5) is 0 Å². The van der Waals surface area contributed by atoms with Gasteiger partial charge in [-0.1, -0.05) is 32.1 Å². The Hall–Kier alpha value is -0.570. The van der Waals surface area contributed by atoms with Gasteiger partial charge in [-0.05, 0) is 38.1 Å². The molecule has 2 aliphatic carbocycles. The number of likely N-dealkylation sites (tertiary alicyclic amines) is 1. The molecule has 3 nitrogen and oxygen atoms in total. The smallest absolute Gasteiger partial charge is 0.226 e. The highest BCUT2D eigenvalue weighted by atomic mass is 16.2. The van der Waals surface area contributed by atoms with Crippen molar-refractivity contribution in [3.05, 3.63) is 0 Å². The van der Waals surface area contributed by atoms with E-state index in [1.165, 1.54) is 51.4 Å². The molecule has 108 valence electrons. The van der Waals surface area contributed by atoms with Crippen molar-refractivity contribution in [1.82, 2.24) is 10.2 Å². The van der Waals surface area contributed by atoms with E-state index in [4.69, 9.17) is 0 Å². The van der Waals surface area contributed by atoms with Gasteiger partial charge in [0.15, 0.2) is 0 Å². The number of hydrogen-bond acceptors (Lipinski definition) is 2. The molecule has 0 aromatic carbocycles. The molecule has 0 bridgehead atoms. The van der Waals surface area contributed by atoms with Gasteiger partial charge in [-0.3, -0.25) is 4.79 Å². The summed E-state index contributed by atoms with van der Waals surface area (Å²) in [6, 6.07) is 0.463. The molecule has 1 aliphatic heterocycles. The van der Waals surface area contributed by atoms with Gasteiger partial charge in [0.25, 0.3) is 0 Å². The molecule has 0 spiro atoms. The van der Waals surface area contributed by atoms with E-state index in [-0.39, 0.29) is 0 Å². The zero-order valence-corrected chi connectivity index (χ0v) is 12.2. The Morgan fingerprint density at radius 1 is 1.16 bits per heavy atom. The van der Waals surface area contributed by atoms with E-state index < -0.39 is 0 Å². The number of carbonyl (C=O) groups excluding carboxylic acids is 1. The van der Waals surface area contributed by atoms with Crippen molar-refractivity contribution in [3.8, 4) is 0 Å². The molecular formula is C16H28N2O. The second-order valence-corrected chi connectivity index (χ2v) is 6.79. The Morgan fingerprint density at radius 3 is 2.68 bits per heavy atom. The lowest BCUT2D eigenvalue weighted by Gasteiger charge is -2.26. The monoisotopic (exact) mass is 264 g/mol. The summed E-state index contributed by atoms with van der Waals surface area (Å²) in [5.41, 5.74) is 0. The third-order valence-electron chi connectivity index (χ3n) is 5.51. The molecule has 19 heavy (non-hydrogen) atoms. The van der Waals surface area contributed by atoms with Crippen molar-refractivity contribution in [1.29, 1.82) is 0 Å². The highest BCUT2D eigenvalue weighted by molar-refractivity contribution is 5.82. The van der Waals surface area contributed by atoms with Gasteiger partial charge in [0, 0.05) is 25.0 Å². The molecule has 3 fully saturated rings. The van der Waals surface area contributed by atoms with Crippen LogP contribution in [0.2, 0.25) is 0 Å². The van der Waals surface area contributed by atoms with E-state index in [0.717, 1.165) is 24.9 Å². The van der Waals surface area contributed by atoms with E-state index in [1.54, 1.807) is 0 Å². The molecule has 3 heteroatoms. The zero-order chi connectivity index (χ0) is 13.2. The number of rotatable bonds is 4. The quantitative estimate of drug-likeness (QED) is 0.845. The Balaban J connectivity index is 1.54. The van der Waals surface area contributed by atoms with Crippen LogP contribution in [0.15, 0.2) is 0 Å². The molecule has 0 aromatic heterocycles. The third-order valence-corrected chi connectivity index (χ3v) is 5.51. The summed E-state index contributed by atoms with van der Waals surface area (Å²) >= 11 is 0. The van der Waals surface area contributed by atoms with Crippen molar-refractivity contribution in [2.24, 2.45) is 17.8 Å². The number of carbonyl (C=O) groups is 1. The molecule has 3 rings (SSSR count). The molecule has 0 radical (unpaired) electrons. The van der Waals surface area contributed by atoms with Crippen LogP contribution in [0, 0.1) is 17.8 Å². The van der Waals surface area contributed by atoms with E-state index in [0.29, 0.717) is 17.9 Å². The van der Waals surface area contributed by atoms with Crippen molar-refractivity contribution < 1.29 is 4.79 Å². The molecule has 0 aromatic rings. The van der Waals surface area contributed by atoms with Crippen LogP contribution < -0.4 is 5.32 Å². The van der Waals surface area contributed by atoms with Crippen LogP contribution in [0.25, 0.3) is 0 Å².